The summed E-state index contributed by atoms with van der Waals surface area (Å²) in [6.45, 7) is 5.24. The van der Waals surface area contributed by atoms with Crippen molar-refractivity contribution in [3.63, 3.8) is 0 Å². The first kappa shape index (κ1) is 19.6. The molecule has 0 radical (unpaired) electrons. The number of aromatic nitrogens is 4. The SMILES string of the molecule is C[C@H]1CN(C(=O)CSc2nnc(-c3ccncc3)n2-c2ccccc2)C[C@H](C)O1. The van der Waals surface area contributed by atoms with Gasteiger partial charge in [-0.1, -0.05) is 30.0 Å². The van der Waals surface area contributed by atoms with E-state index in [2.05, 4.69) is 15.2 Å². The van der Waals surface area contributed by atoms with Crippen molar-refractivity contribution in [3.05, 3.63) is 54.9 Å². The van der Waals surface area contributed by atoms with Gasteiger partial charge in [-0.25, -0.2) is 0 Å². The van der Waals surface area contributed by atoms with Crippen LogP contribution in [-0.4, -0.2) is 61.6 Å². The van der Waals surface area contributed by atoms with Crippen LogP contribution >= 0.6 is 11.8 Å². The summed E-state index contributed by atoms with van der Waals surface area (Å²) in [5.74, 6) is 1.12. The molecule has 1 aliphatic heterocycles. The van der Waals surface area contributed by atoms with Crippen LogP contribution in [0.15, 0.2) is 60.0 Å². The van der Waals surface area contributed by atoms with Crippen molar-refractivity contribution in [2.75, 3.05) is 18.8 Å². The third kappa shape index (κ3) is 4.49. The van der Waals surface area contributed by atoms with E-state index in [-0.39, 0.29) is 18.1 Å². The van der Waals surface area contributed by atoms with Crippen LogP contribution in [0.5, 0.6) is 0 Å². The molecular formula is C21H23N5O2S. The molecule has 1 saturated heterocycles. The van der Waals surface area contributed by atoms with E-state index in [1.54, 1.807) is 12.4 Å². The number of thioether (sulfide) groups is 1. The Bertz CT molecular complexity index is 954. The number of benzene rings is 1. The Labute approximate surface area is 174 Å². The smallest absolute Gasteiger partial charge is 0.233 e. The predicted octanol–water partition coefficient (Wildman–Crippen LogP) is 3.06. The third-order valence-electron chi connectivity index (χ3n) is 4.68. The van der Waals surface area contributed by atoms with E-state index in [0.717, 1.165) is 17.1 Å². The summed E-state index contributed by atoms with van der Waals surface area (Å²) in [5, 5.41) is 9.46. The van der Waals surface area contributed by atoms with Crippen LogP contribution in [0.2, 0.25) is 0 Å². The number of hydrogen-bond donors (Lipinski definition) is 0. The zero-order chi connectivity index (χ0) is 20.2. The molecule has 29 heavy (non-hydrogen) atoms. The van der Waals surface area contributed by atoms with Crippen LogP contribution in [0.25, 0.3) is 17.1 Å². The summed E-state index contributed by atoms with van der Waals surface area (Å²) in [5.41, 5.74) is 1.87. The highest BCUT2D eigenvalue weighted by molar-refractivity contribution is 7.99. The van der Waals surface area contributed by atoms with Gasteiger partial charge in [0.05, 0.1) is 18.0 Å². The molecule has 3 aromatic rings. The van der Waals surface area contributed by atoms with E-state index in [0.29, 0.717) is 24.0 Å². The number of morpholine rings is 1. The number of amides is 1. The maximum absolute atomic E-state index is 12.8. The summed E-state index contributed by atoms with van der Waals surface area (Å²) in [7, 11) is 0. The van der Waals surface area contributed by atoms with Crippen LogP contribution in [0.4, 0.5) is 0 Å². The van der Waals surface area contributed by atoms with Crippen LogP contribution in [0, 0.1) is 0 Å². The summed E-state index contributed by atoms with van der Waals surface area (Å²) in [6.07, 6.45) is 3.57. The van der Waals surface area contributed by atoms with Crippen LogP contribution < -0.4 is 0 Å². The lowest BCUT2D eigenvalue weighted by atomic mass is 10.2. The van der Waals surface area contributed by atoms with Crippen molar-refractivity contribution in [2.45, 2.75) is 31.2 Å². The Balaban J connectivity index is 1.58. The first-order valence-corrected chi connectivity index (χ1v) is 10.6. The number of ether oxygens (including phenoxy) is 1. The molecule has 150 valence electrons. The lowest BCUT2D eigenvalue weighted by Gasteiger charge is -2.35. The summed E-state index contributed by atoms with van der Waals surface area (Å²) in [4.78, 5) is 18.7. The van der Waals surface area contributed by atoms with E-state index in [1.807, 2.05) is 65.8 Å². The molecule has 0 bridgehead atoms. The van der Waals surface area contributed by atoms with Gasteiger partial charge in [0.15, 0.2) is 11.0 Å². The molecule has 8 heteroatoms. The zero-order valence-corrected chi connectivity index (χ0v) is 17.2. The lowest BCUT2D eigenvalue weighted by Crippen LogP contribution is -2.48. The molecule has 1 aliphatic rings. The lowest BCUT2D eigenvalue weighted by molar-refractivity contribution is -0.140. The monoisotopic (exact) mass is 409 g/mol. The first-order chi connectivity index (χ1) is 14.1. The van der Waals surface area contributed by atoms with Crippen molar-refractivity contribution >= 4 is 17.7 Å². The average molecular weight is 410 g/mol. The molecule has 2 atom stereocenters. The minimum Gasteiger partial charge on any atom is -0.372 e. The molecule has 1 aromatic carbocycles. The van der Waals surface area contributed by atoms with Gasteiger partial charge in [-0.2, -0.15) is 0 Å². The van der Waals surface area contributed by atoms with E-state index >= 15 is 0 Å². The van der Waals surface area contributed by atoms with Crippen LogP contribution in [-0.2, 0) is 9.53 Å². The Morgan fingerprint density at radius 2 is 1.76 bits per heavy atom. The van der Waals surface area contributed by atoms with Crippen LogP contribution in [0.3, 0.4) is 0 Å². The number of carbonyl (C=O) groups excluding carboxylic acids is 1. The molecule has 0 N–H and O–H groups in total. The number of para-hydroxylation sites is 1. The van der Waals surface area contributed by atoms with E-state index in [4.69, 9.17) is 4.74 Å². The van der Waals surface area contributed by atoms with Gasteiger partial charge >= 0.3 is 0 Å². The number of carbonyl (C=O) groups is 1. The highest BCUT2D eigenvalue weighted by Crippen LogP contribution is 2.28. The quantitative estimate of drug-likeness (QED) is 0.603. The molecule has 1 fully saturated rings. The summed E-state index contributed by atoms with van der Waals surface area (Å²) >= 11 is 1.40. The largest absolute Gasteiger partial charge is 0.372 e. The number of nitrogens with zero attached hydrogens (tertiary/aromatic N) is 5. The second-order valence-corrected chi connectivity index (χ2v) is 8.00. The number of pyridine rings is 1. The standard InChI is InChI=1S/C21H23N5O2S/c1-15-12-25(13-16(2)28-15)19(27)14-29-21-24-23-20(17-8-10-22-11-9-17)26(21)18-6-4-3-5-7-18/h3-11,15-16H,12-14H2,1-2H3/t15-,16-/m0/s1. The van der Waals surface area contributed by atoms with Gasteiger partial charge in [0.1, 0.15) is 0 Å². The number of hydrogen-bond acceptors (Lipinski definition) is 6. The minimum atomic E-state index is 0.0546. The van der Waals surface area contributed by atoms with Gasteiger partial charge in [-0.15, -0.1) is 10.2 Å². The molecular weight excluding hydrogens is 386 g/mol. The second-order valence-electron chi connectivity index (χ2n) is 7.06. The van der Waals surface area contributed by atoms with E-state index in [9.17, 15) is 4.79 Å². The number of rotatable bonds is 5. The Hall–Kier alpha value is -2.71. The van der Waals surface area contributed by atoms with E-state index in [1.165, 1.54) is 11.8 Å². The first-order valence-electron chi connectivity index (χ1n) is 9.59. The fraction of sp³-hybridized carbons (Fsp3) is 0.333. The van der Waals surface area contributed by atoms with Crippen molar-refractivity contribution < 1.29 is 9.53 Å². The van der Waals surface area contributed by atoms with Crippen molar-refractivity contribution in [2.24, 2.45) is 0 Å². The normalized spacial score (nSPS) is 19.3. The molecule has 0 saturated carbocycles. The third-order valence-corrected chi connectivity index (χ3v) is 5.60. The Morgan fingerprint density at radius 3 is 2.45 bits per heavy atom. The van der Waals surface area contributed by atoms with Gasteiger partial charge < -0.3 is 9.64 Å². The highest BCUT2D eigenvalue weighted by Gasteiger charge is 2.26. The summed E-state index contributed by atoms with van der Waals surface area (Å²) < 4.78 is 7.71. The van der Waals surface area contributed by atoms with Gasteiger partial charge in [-0.05, 0) is 38.1 Å². The highest BCUT2D eigenvalue weighted by atomic mass is 32.2. The van der Waals surface area contributed by atoms with Gasteiger partial charge in [0.2, 0.25) is 5.91 Å². The maximum Gasteiger partial charge on any atom is 0.233 e. The molecule has 0 aliphatic carbocycles. The molecule has 1 amide bonds. The maximum atomic E-state index is 12.8. The molecule has 7 nitrogen and oxygen atoms in total. The van der Waals surface area contributed by atoms with Crippen LogP contribution in [0.1, 0.15) is 13.8 Å². The fourth-order valence-electron chi connectivity index (χ4n) is 3.46. The summed E-state index contributed by atoms with van der Waals surface area (Å²) in [6, 6.07) is 13.7. The topological polar surface area (TPSA) is 73.1 Å². The van der Waals surface area contributed by atoms with Crippen molar-refractivity contribution in [3.8, 4) is 17.1 Å². The van der Waals surface area contributed by atoms with Gasteiger partial charge in [0, 0.05) is 36.7 Å². The van der Waals surface area contributed by atoms with E-state index < -0.39 is 0 Å². The molecule has 3 heterocycles. The zero-order valence-electron chi connectivity index (χ0n) is 16.4. The fourth-order valence-corrected chi connectivity index (χ4v) is 4.31. The minimum absolute atomic E-state index is 0.0546. The Kier molecular flexibility index (Phi) is 5.92. The molecule has 0 unspecified atom stereocenters. The Morgan fingerprint density at radius 1 is 1.07 bits per heavy atom. The molecule has 0 spiro atoms. The average Bonchev–Trinajstić information content (AvgIpc) is 3.16. The second kappa shape index (κ2) is 8.75. The van der Waals surface area contributed by atoms with Gasteiger partial charge in [0.25, 0.3) is 0 Å². The molecule has 4 rings (SSSR count). The predicted molar refractivity (Wildman–Crippen MR) is 112 cm³/mol. The van der Waals surface area contributed by atoms with Gasteiger partial charge in [-0.3, -0.25) is 14.3 Å². The van der Waals surface area contributed by atoms with Crippen molar-refractivity contribution in [1.82, 2.24) is 24.6 Å². The van der Waals surface area contributed by atoms with Crippen molar-refractivity contribution in [1.29, 1.82) is 0 Å². The molecule has 2 aromatic heterocycles.